The Balaban J connectivity index is 1.29. The lowest BCUT2D eigenvalue weighted by Gasteiger charge is -2.19. The molecule has 16 heteroatoms. The summed E-state index contributed by atoms with van der Waals surface area (Å²) < 4.78 is 88.9. The number of nitrogen functional groups attached to an aromatic ring is 2. The fraction of sp³-hybridized carbons (Fsp3) is 0.324. The van der Waals surface area contributed by atoms with Crippen molar-refractivity contribution in [3.05, 3.63) is 89.0 Å². The van der Waals surface area contributed by atoms with Gasteiger partial charge in [0, 0.05) is 23.9 Å². The van der Waals surface area contributed by atoms with Crippen molar-refractivity contribution in [2.45, 2.75) is 31.4 Å². The van der Waals surface area contributed by atoms with Crippen LogP contribution in [-0.2, 0) is 25.4 Å². The van der Waals surface area contributed by atoms with Crippen LogP contribution in [0.25, 0.3) is 6.08 Å². The molecule has 0 aliphatic carbocycles. The van der Waals surface area contributed by atoms with Crippen molar-refractivity contribution in [3.63, 3.8) is 0 Å². The van der Waals surface area contributed by atoms with Crippen molar-refractivity contribution in [2.75, 3.05) is 51.1 Å². The molecule has 0 aliphatic rings. The maximum Gasteiger partial charge on any atom is 0.453 e. The van der Waals surface area contributed by atoms with E-state index >= 15 is 0 Å². The molecule has 0 fully saturated rings. The average molecular weight is 711 g/mol. The zero-order chi connectivity index (χ0) is 36.7. The first-order chi connectivity index (χ1) is 23.7. The minimum absolute atomic E-state index is 0.00398. The van der Waals surface area contributed by atoms with Crippen LogP contribution in [0, 0.1) is 0 Å². The summed E-state index contributed by atoms with van der Waals surface area (Å²) in [6, 6.07) is 14.4. The Morgan fingerprint density at radius 3 is 2.04 bits per heavy atom. The molecule has 11 nitrogen and oxygen atoms in total. The summed E-state index contributed by atoms with van der Waals surface area (Å²) in [7, 11) is 0. The number of carbonyl (C=O) groups is 3. The summed E-state index contributed by atoms with van der Waals surface area (Å²) in [4.78, 5) is 35.8. The molecule has 0 aromatic heterocycles. The predicted molar refractivity (Wildman–Crippen MR) is 171 cm³/mol. The molecule has 50 heavy (non-hydrogen) atoms. The summed E-state index contributed by atoms with van der Waals surface area (Å²) in [5.74, 6) is -6.86. The van der Waals surface area contributed by atoms with Crippen molar-refractivity contribution < 1.29 is 65.1 Å². The van der Waals surface area contributed by atoms with Crippen LogP contribution in [0.3, 0.4) is 0 Å². The molecular formula is C34H35F5N2O9. The molecule has 3 rings (SSSR count). The van der Waals surface area contributed by atoms with Gasteiger partial charge >= 0.3 is 30.0 Å². The minimum Gasteiger partial charge on any atom is -0.494 e. The quantitative estimate of drug-likeness (QED) is 0.0335. The van der Waals surface area contributed by atoms with Crippen LogP contribution < -0.4 is 20.9 Å². The number of ether oxygens (including phenoxy) is 5. The summed E-state index contributed by atoms with van der Waals surface area (Å²) in [5, 5.41) is 9.33. The highest BCUT2D eigenvalue weighted by Gasteiger charge is 2.56. The van der Waals surface area contributed by atoms with E-state index in [-0.39, 0.29) is 80.1 Å². The summed E-state index contributed by atoms with van der Waals surface area (Å²) in [6.45, 7) is 0.407. The molecule has 3 aromatic carbocycles. The zero-order valence-corrected chi connectivity index (χ0v) is 26.5. The second kappa shape index (κ2) is 18.5. The van der Waals surface area contributed by atoms with E-state index in [1.54, 1.807) is 12.1 Å². The number of benzene rings is 3. The number of carboxylic acids is 1. The fourth-order valence-electron chi connectivity index (χ4n) is 4.22. The van der Waals surface area contributed by atoms with Gasteiger partial charge in [-0.2, -0.15) is 22.0 Å². The van der Waals surface area contributed by atoms with Gasteiger partial charge in [-0.05, 0) is 78.6 Å². The zero-order valence-electron chi connectivity index (χ0n) is 26.5. The van der Waals surface area contributed by atoms with Crippen LogP contribution >= 0.6 is 0 Å². The van der Waals surface area contributed by atoms with Crippen LogP contribution in [0.15, 0.2) is 66.7 Å². The van der Waals surface area contributed by atoms with E-state index in [4.69, 9.17) is 35.2 Å². The van der Waals surface area contributed by atoms with E-state index < -0.39 is 42.8 Å². The number of carboxylic acid groups (broad SMARTS) is 1. The van der Waals surface area contributed by atoms with Gasteiger partial charge in [0.05, 0.1) is 44.2 Å². The van der Waals surface area contributed by atoms with Crippen molar-refractivity contribution in [1.29, 1.82) is 0 Å². The van der Waals surface area contributed by atoms with Gasteiger partial charge in [-0.15, -0.1) is 0 Å². The van der Waals surface area contributed by atoms with Crippen molar-refractivity contribution >= 4 is 35.4 Å². The second-order valence-electron chi connectivity index (χ2n) is 10.6. The Hall–Kier alpha value is -5.22. The lowest BCUT2D eigenvalue weighted by molar-refractivity contribution is -0.284. The molecule has 0 atom stereocenters. The molecule has 0 spiro atoms. The Bertz CT molecular complexity index is 1610. The normalized spacial score (nSPS) is 11.8. The van der Waals surface area contributed by atoms with E-state index in [9.17, 15) is 41.4 Å². The third kappa shape index (κ3) is 12.7. The van der Waals surface area contributed by atoms with Gasteiger partial charge < -0.3 is 40.3 Å². The van der Waals surface area contributed by atoms with Crippen molar-refractivity contribution in [1.82, 2.24) is 0 Å². The Labute approximate surface area is 283 Å². The van der Waals surface area contributed by atoms with Crippen LogP contribution in [0.4, 0.5) is 33.3 Å². The molecule has 0 heterocycles. The number of hydrogen-bond donors (Lipinski definition) is 3. The summed E-state index contributed by atoms with van der Waals surface area (Å²) in [5.41, 5.74) is 13.3. The minimum atomic E-state index is -5.62. The van der Waals surface area contributed by atoms with Crippen LogP contribution in [0.2, 0.25) is 0 Å². The number of alkyl halides is 5. The van der Waals surface area contributed by atoms with Crippen molar-refractivity contribution in [2.24, 2.45) is 0 Å². The molecule has 5 N–H and O–H groups in total. The van der Waals surface area contributed by atoms with E-state index in [1.165, 1.54) is 60.7 Å². The molecule has 0 saturated heterocycles. The molecule has 0 radical (unpaired) electrons. The highest BCUT2D eigenvalue weighted by molar-refractivity contribution is 5.93. The summed E-state index contributed by atoms with van der Waals surface area (Å²) in [6.07, 6.45) is -4.56. The molecule has 0 amide bonds. The molecule has 270 valence electrons. The van der Waals surface area contributed by atoms with Crippen molar-refractivity contribution in [3.8, 4) is 11.5 Å². The largest absolute Gasteiger partial charge is 0.494 e. The highest BCUT2D eigenvalue weighted by atomic mass is 19.4. The third-order valence-corrected chi connectivity index (χ3v) is 6.79. The fourth-order valence-corrected chi connectivity index (χ4v) is 4.22. The molecule has 0 saturated carbocycles. The number of anilines is 2. The van der Waals surface area contributed by atoms with Gasteiger partial charge in [0.15, 0.2) is 0 Å². The van der Waals surface area contributed by atoms with E-state index in [2.05, 4.69) is 0 Å². The van der Waals surface area contributed by atoms with Crippen LogP contribution in [0.5, 0.6) is 11.5 Å². The number of carbonyl (C=O) groups excluding carboxylic acids is 2. The average Bonchev–Trinajstić information content (AvgIpc) is 3.05. The SMILES string of the molecule is Nc1cc(N)c(CCOCCOCCOC(=O)/C=C/c2ccc(OC(=O)c3ccc(OCCCC(F)(F)C(F)(F)F)cc3)cc2)c(C(=O)O)c1. The Morgan fingerprint density at radius 2 is 1.40 bits per heavy atom. The first kappa shape index (κ1) is 39.2. The maximum atomic E-state index is 13.0. The lowest BCUT2D eigenvalue weighted by Crippen LogP contribution is -2.36. The number of hydrogen-bond acceptors (Lipinski definition) is 10. The topological polar surface area (TPSA) is 170 Å². The molecule has 0 unspecified atom stereocenters. The summed E-state index contributed by atoms with van der Waals surface area (Å²) >= 11 is 0. The number of nitrogens with two attached hydrogens (primary N) is 2. The maximum absolute atomic E-state index is 13.0. The van der Waals surface area contributed by atoms with Gasteiger partial charge in [0.2, 0.25) is 0 Å². The smallest absolute Gasteiger partial charge is 0.453 e. The number of halogens is 5. The van der Waals surface area contributed by atoms with E-state index in [0.29, 0.717) is 11.1 Å². The van der Waals surface area contributed by atoms with Gasteiger partial charge in [-0.3, -0.25) is 0 Å². The van der Waals surface area contributed by atoms with Crippen LogP contribution in [0.1, 0.15) is 44.7 Å². The van der Waals surface area contributed by atoms with Crippen LogP contribution in [-0.4, -0.2) is 74.8 Å². The Morgan fingerprint density at radius 1 is 0.780 bits per heavy atom. The lowest BCUT2D eigenvalue weighted by atomic mass is 10.0. The number of aromatic carboxylic acids is 1. The molecule has 0 bridgehead atoms. The van der Waals surface area contributed by atoms with Gasteiger partial charge in [0.1, 0.15) is 18.1 Å². The van der Waals surface area contributed by atoms with E-state index in [0.717, 1.165) is 0 Å². The number of rotatable bonds is 19. The molecule has 3 aromatic rings. The van der Waals surface area contributed by atoms with Gasteiger partial charge in [-0.25, -0.2) is 14.4 Å². The predicted octanol–water partition coefficient (Wildman–Crippen LogP) is 5.96. The number of esters is 2. The van der Waals surface area contributed by atoms with E-state index in [1.807, 2.05) is 0 Å². The Kier molecular flexibility index (Phi) is 14.5. The first-order valence-corrected chi connectivity index (χ1v) is 15.1. The van der Waals surface area contributed by atoms with Gasteiger partial charge in [-0.1, -0.05) is 12.1 Å². The standard InChI is InChI=1S/C34H35F5N2O9/c35-33(36,34(37,38)39)13-1-14-48-25-9-5-23(6-10-25)32(45)50-26-7-2-22(3-8-26)4-11-30(42)49-19-18-47-17-16-46-15-12-27-28(31(43)44)20-24(40)21-29(27)41/h2-11,20-21H,1,12-19,40-41H2,(H,43,44)/b11-4+. The highest BCUT2D eigenvalue weighted by Crippen LogP contribution is 2.38. The second-order valence-corrected chi connectivity index (χ2v) is 10.6. The van der Waals surface area contributed by atoms with Gasteiger partial charge in [0.25, 0.3) is 0 Å². The molecule has 0 aliphatic heterocycles. The molecular weight excluding hydrogens is 675 g/mol. The third-order valence-electron chi connectivity index (χ3n) is 6.79. The monoisotopic (exact) mass is 710 g/mol. The first-order valence-electron chi connectivity index (χ1n) is 15.1.